The van der Waals surface area contributed by atoms with Crippen LogP contribution in [0.25, 0.3) is 0 Å². The minimum absolute atomic E-state index is 0.0449. The molecular weight excluding hydrogens is 1150 g/mol. The van der Waals surface area contributed by atoms with Crippen molar-refractivity contribution in [2.24, 2.45) is 0 Å². The van der Waals surface area contributed by atoms with E-state index >= 15 is 0 Å². The third-order valence-electron chi connectivity index (χ3n) is 14.5. The number of nitrogens with zero attached hydrogens (tertiary/aromatic N) is 1. The standard InChI is InChI=1S/C58H68N3O16PS4/c1-41-25-27-46(81(71,72)73)39-49(41)57(3,31-16-36-79(65,66)67)42(2)18-15-23-53-58(4,32-17-37-80(68,69)70)50-40-47(82(74,75)76)28-30-51(50)61(53)35-14-8-13-24-54(62)59-33-34-60-55(63)43-26-29-48(56(64)77-5)52(38-43)78(44-19-9-6-10-20-44)45-21-11-7-12-22-45/h6-7,9-12,15,18-23,25-30,38-40H,2,8,13-14,16-17,24,31-37H2,1,3-5H3,(H,59,62)(H,60,63)(H,65,66,67)(H,68,69,70)(H,71,72,73)(H,74,75,76)/b18-15+,53-23+. The Morgan fingerprint density at radius 2 is 1.30 bits per heavy atom. The van der Waals surface area contributed by atoms with E-state index < -0.39 is 92.4 Å². The van der Waals surface area contributed by atoms with Crippen LogP contribution in [0, 0.1) is 6.92 Å². The quantitative estimate of drug-likeness (QED) is 0.00928. The van der Waals surface area contributed by atoms with Gasteiger partial charge in [-0.2, -0.15) is 33.7 Å². The molecular formula is C58H68N3O16PS4. The molecule has 0 bridgehead atoms. The monoisotopic (exact) mass is 1220 g/mol. The molecule has 0 radical (unpaired) electrons. The van der Waals surface area contributed by atoms with Gasteiger partial charge in [-0.15, -0.1) is 0 Å². The normalized spacial score (nSPS) is 16.0. The SMILES string of the molecule is C=C(/C=C/C=C1/N(CCCCCC(=O)NCCNC(=O)c2ccc(C(=O)OC)c(P(c3ccccc3)c3ccccc3)c2)c2ccc(S(=O)(=O)O)cc2C1(C)CCCS(=O)(=O)O)C(C)(CCCS(=O)(=O)O)c1cc(S(=O)(=O)O)ccc1C. The van der Waals surface area contributed by atoms with Gasteiger partial charge >= 0.3 is 5.97 Å². The lowest BCUT2D eigenvalue weighted by atomic mass is 9.71. The molecule has 24 heteroatoms. The molecule has 82 heavy (non-hydrogen) atoms. The van der Waals surface area contributed by atoms with Crippen LogP contribution in [-0.2, 0) is 60.8 Å². The van der Waals surface area contributed by atoms with Crippen LogP contribution in [0.2, 0.25) is 0 Å². The fourth-order valence-electron chi connectivity index (χ4n) is 10.2. The molecule has 19 nitrogen and oxygen atoms in total. The maximum atomic E-state index is 13.6. The van der Waals surface area contributed by atoms with Gasteiger partial charge in [-0.1, -0.05) is 98.8 Å². The van der Waals surface area contributed by atoms with E-state index in [9.17, 15) is 66.3 Å². The summed E-state index contributed by atoms with van der Waals surface area (Å²) in [7, 11) is -18.2. The maximum Gasteiger partial charge on any atom is 0.338 e. The molecule has 2 unspecified atom stereocenters. The Hall–Kier alpha value is -6.40. The highest BCUT2D eigenvalue weighted by Gasteiger charge is 2.44. The molecule has 440 valence electrons. The summed E-state index contributed by atoms with van der Waals surface area (Å²) >= 11 is 0. The van der Waals surface area contributed by atoms with Crippen molar-refractivity contribution >= 4 is 87.8 Å². The van der Waals surface area contributed by atoms with Crippen molar-refractivity contribution in [3.63, 3.8) is 0 Å². The van der Waals surface area contributed by atoms with Gasteiger partial charge in [0.2, 0.25) is 5.91 Å². The second kappa shape index (κ2) is 27.3. The van der Waals surface area contributed by atoms with E-state index in [1.165, 1.54) is 43.5 Å². The van der Waals surface area contributed by atoms with Crippen molar-refractivity contribution in [1.82, 2.24) is 10.6 Å². The third-order valence-corrected chi connectivity index (χ3v) is 20.3. The van der Waals surface area contributed by atoms with E-state index in [0.717, 1.165) is 10.6 Å². The van der Waals surface area contributed by atoms with Crippen LogP contribution >= 0.6 is 7.92 Å². The number of carbonyl (C=O) groups is 3. The number of allylic oxidation sites excluding steroid dienone is 5. The Balaban J connectivity index is 1.17. The number of ether oxygens (including phenoxy) is 1. The lowest BCUT2D eigenvalue weighted by Gasteiger charge is -2.33. The molecule has 1 aliphatic heterocycles. The number of nitrogens with one attached hydrogen (secondary N) is 2. The molecule has 5 aromatic carbocycles. The van der Waals surface area contributed by atoms with E-state index in [-0.39, 0.29) is 51.1 Å². The zero-order valence-electron chi connectivity index (χ0n) is 45.8. The number of hydrogen-bond acceptors (Lipinski definition) is 13. The van der Waals surface area contributed by atoms with Crippen molar-refractivity contribution in [2.45, 2.75) is 92.8 Å². The first-order chi connectivity index (χ1) is 38.5. The van der Waals surface area contributed by atoms with E-state index in [1.54, 1.807) is 57.2 Å². The van der Waals surface area contributed by atoms with Gasteiger partial charge in [0.25, 0.3) is 46.4 Å². The maximum absolute atomic E-state index is 13.6. The highest BCUT2D eigenvalue weighted by Crippen LogP contribution is 2.51. The number of methoxy groups -OCH3 is 1. The molecule has 0 saturated heterocycles. The van der Waals surface area contributed by atoms with Crippen LogP contribution in [0.3, 0.4) is 0 Å². The molecule has 1 heterocycles. The number of amides is 2. The Morgan fingerprint density at radius 3 is 1.90 bits per heavy atom. The zero-order valence-corrected chi connectivity index (χ0v) is 50.0. The van der Waals surface area contributed by atoms with Gasteiger partial charge in [-0.3, -0.25) is 27.8 Å². The number of fused-ring (bicyclic) bond motifs is 1. The zero-order chi connectivity index (χ0) is 60.3. The predicted molar refractivity (Wildman–Crippen MR) is 317 cm³/mol. The fraction of sp³-hybridized carbons (Fsp3) is 0.328. The average Bonchev–Trinajstić information content (AvgIpc) is 2.05. The Morgan fingerprint density at radius 1 is 0.720 bits per heavy atom. The highest BCUT2D eigenvalue weighted by atomic mass is 32.2. The Bertz CT molecular complexity index is 3670. The topological polar surface area (TPSA) is 305 Å². The molecule has 0 aliphatic carbocycles. The number of esters is 1. The summed E-state index contributed by atoms with van der Waals surface area (Å²) in [6.45, 7) is 9.99. The van der Waals surface area contributed by atoms with Gasteiger partial charge in [0.05, 0.1) is 34.0 Å². The van der Waals surface area contributed by atoms with E-state index in [1.807, 2.05) is 65.6 Å². The summed E-state index contributed by atoms with van der Waals surface area (Å²) in [5.74, 6) is -2.44. The van der Waals surface area contributed by atoms with E-state index in [2.05, 4.69) is 17.2 Å². The van der Waals surface area contributed by atoms with Gasteiger partial charge in [0.15, 0.2) is 0 Å². The number of benzene rings is 5. The summed E-state index contributed by atoms with van der Waals surface area (Å²) in [5, 5.41) is 8.27. The first kappa shape index (κ1) is 64.8. The van der Waals surface area contributed by atoms with Gasteiger partial charge in [-0.25, -0.2) is 4.79 Å². The summed E-state index contributed by atoms with van der Waals surface area (Å²) in [4.78, 5) is 40.8. The molecule has 0 spiro atoms. The third kappa shape index (κ3) is 16.9. The average molecular weight is 1220 g/mol. The van der Waals surface area contributed by atoms with Gasteiger partial charge in [-0.05, 0) is 148 Å². The van der Waals surface area contributed by atoms with Crippen LogP contribution in [0.15, 0.2) is 161 Å². The Kier molecular flexibility index (Phi) is 21.6. The lowest BCUT2D eigenvalue weighted by Crippen LogP contribution is -2.35. The fourth-order valence-corrected chi connectivity index (χ4v) is 14.7. The summed E-state index contributed by atoms with van der Waals surface area (Å²) in [6, 6.07) is 32.3. The number of carbonyl (C=O) groups excluding carboxylic acids is 3. The molecule has 2 atom stereocenters. The van der Waals surface area contributed by atoms with Crippen molar-refractivity contribution in [3.8, 4) is 0 Å². The highest BCUT2D eigenvalue weighted by molar-refractivity contribution is 7.86. The van der Waals surface area contributed by atoms with Crippen molar-refractivity contribution in [2.75, 3.05) is 43.1 Å². The van der Waals surface area contributed by atoms with E-state index in [4.69, 9.17) is 4.74 Å². The first-order valence-electron chi connectivity index (χ1n) is 26.1. The van der Waals surface area contributed by atoms with Gasteiger partial charge in [0.1, 0.15) is 0 Å². The molecule has 6 N–H and O–H groups in total. The summed E-state index contributed by atoms with van der Waals surface area (Å²) < 4.78 is 142. The number of anilines is 1. The number of aryl methyl sites for hydroxylation is 1. The van der Waals surface area contributed by atoms with Crippen LogP contribution in [-0.4, -0.2) is 108 Å². The number of unbranched alkanes of at least 4 members (excludes halogenated alkanes) is 2. The van der Waals surface area contributed by atoms with Crippen LogP contribution < -0.4 is 31.4 Å². The van der Waals surface area contributed by atoms with E-state index in [0.29, 0.717) is 75.9 Å². The summed E-state index contributed by atoms with van der Waals surface area (Å²) in [5.41, 5.74) is 1.18. The van der Waals surface area contributed by atoms with Crippen molar-refractivity contribution in [3.05, 3.63) is 179 Å². The molecule has 2 amide bonds. The van der Waals surface area contributed by atoms with Crippen molar-refractivity contribution < 1.29 is 71.0 Å². The minimum atomic E-state index is -4.72. The minimum Gasteiger partial charge on any atom is -0.465 e. The van der Waals surface area contributed by atoms with Crippen molar-refractivity contribution in [1.29, 1.82) is 0 Å². The molecule has 1 aliphatic rings. The second-order valence-electron chi connectivity index (χ2n) is 20.3. The number of rotatable bonds is 28. The smallest absolute Gasteiger partial charge is 0.338 e. The molecule has 0 saturated carbocycles. The number of hydrogen-bond donors (Lipinski definition) is 6. The Labute approximate surface area is 481 Å². The molecule has 5 aromatic rings. The van der Waals surface area contributed by atoms with Crippen LogP contribution in [0.1, 0.15) is 103 Å². The van der Waals surface area contributed by atoms with Gasteiger partial charge < -0.3 is 20.3 Å². The molecule has 0 aromatic heterocycles. The van der Waals surface area contributed by atoms with Gasteiger partial charge in [0, 0.05) is 59.1 Å². The molecule has 0 fully saturated rings. The second-order valence-corrected chi connectivity index (χ2v) is 28.5. The van der Waals surface area contributed by atoms with Crippen LogP contribution in [0.5, 0.6) is 0 Å². The lowest BCUT2D eigenvalue weighted by molar-refractivity contribution is -0.121. The predicted octanol–water partition coefficient (Wildman–Crippen LogP) is 7.51. The summed E-state index contributed by atoms with van der Waals surface area (Å²) in [6.07, 6.45) is 6.51. The first-order valence-corrected chi connectivity index (χ1v) is 33.5. The molecule has 6 rings (SSSR count). The van der Waals surface area contributed by atoms with Crippen LogP contribution in [0.4, 0.5) is 5.69 Å². The largest absolute Gasteiger partial charge is 0.465 e.